The van der Waals surface area contributed by atoms with Gasteiger partial charge in [0.2, 0.25) is 5.95 Å². The summed E-state index contributed by atoms with van der Waals surface area (Å²) >= 11 is 0. The summed E-state index contributed by atoms with van der Waals surface area (Å²) in [5.41, 5.74) is 0.744. The van der Waals surface area contributed by atoms with Gasteiger partial charge in [-0.15, -0.1) is 0 Å². The minimum absolute atomic E-state index is 0.0153. The van der Waals surface area contributed by atoms with Crippen molar-refractivity contribution in [3.8, 4) is 11.5 Å². The highest BCUT2D eigenvalue weighted by Gasteiger charge is 2.24. The van der Waals surface area contributed by atoms with Gasteiger partial charge in [-0.3, -0.25) is 0 Å². The van der Waals surface area contributed by atoms with E-state index in [1.165, 1.54) is 32.6 Å². The molecule has 0 aliphatic rings. The van der Waals surface area contributed by atoms with Gasteiger partial charge in [0.1, 0.15) is 5.75 Å². The van der Waals surface area contributed by atoms with Crippen LogP contribution in [-0.4, -0.2) is 38.6 Å². The average Bonchev–Trinajstić information content (AvgIpc) is 2.55. The number of aromatic nitrogens is 2. The molecule has 0 fully saturated rings. The van der Waals surface area contributed by atoms with Crippen LogP contribution in [0.5, 0.6) is 11.5 Å². The smallest absolute Gasteiger partial charge is 0.266 e. The molecule has 24 heavy (non-hydrogen) atoms. The molecule has 0 aliphatic carbocycles. The summed E-state index contributed by atoms with van der Waals surface area (Å²) in [5.74, 6) is 1.18. The summed E-state index contributed by atoms with van der Waals surface area (Å²) < 4.78 is 37.1. The minimum atomic E-state index is -3.77. The van der Waals surface area contributed by atoms with E-state index in [-0.39, 0.29) is 16.9 Å². The van der Waals surface area contributed by atoms with E-state index < -0.39 is 10.0 Å². The maximum Gasteiger partial charge on any atom is 0.266 e. The standard InChI is InChI=1S/C16H21N3O4S/c1-11(2)23-15-7-6-14(8-12(15)3)24(20,21)19(4)16-17-9-13(22-5)10-18-16/h6-11H,1-5H3. The van der Waals surface area contributed by atoms with Gasteiger partial charge in [-0.1, -0.05) is 0 Å². The summed E-state index contributed by atoms with van der Waals surface area (Å²) in [4.78, 5) is 8.16. The molecule has 2 rings (SSSR count). The van der Waals surface area contributed by atoms with Crippen molar-refractivity contribution in [1.82, 2.24) is 9.97 Å². The Morgan fingerprint density at radius 2 is 1.79 bits per heavy atom. The molecule has 0 bridgehead atoms. The summed E-state index contributed by atoms with van der Waals surface area (Å²) in [6.07, 6.45) is 2.85. The number of benzene rings is 1. The first kappa shape index (κ1) is 18.0. The molecule has 0 saturated carbocycles. The highest BCUT2D eigenvalue weighted by atomic mass is 32.2. The van der Waals surface area contributed by atoms with E-state index in [0.717, 1.165) is 9.87 Å². The third kappa shape index (κ3) is 3.76. The largest absolute Gasteiger partial charge is 0.494 e. The van der Waals surface area contributed by atoms with Crippen LogP contribution >= 0.6 is 0 Å². The number of methoxy groups -OCH3 is 1. The molecular weight excluding hydrogens is 330 g/mol. The topological polar surface area (TPSA) is 81.6 Å². The maximum absolute atomic E-state index is 12.7. The molecule has 1 aromatic heterocycles. The number of aryl methyl sites for hydroxylation is 1. The molecule has 1 heterocycles. The summed E-state index contributed by atoms with van der Waals surface area (Å²) in [7, 11) is -0.871. The van der Waals surface area contributed by atoms with Gasteiger partial charge in [0.05, 0.1) is 30.5 Å². The van der Waals surface area contributed by atoms with Crippen molar-refractivity contribution in [3.63, 3.8) is 0 Å². The molecule has 2 aromatic rings. The van der Waals surface area contributed by atoms with Crippen LogP contribution < -0.4 is 13.8 Å². The zero-order chi connectivity index (χ0) is 17.9. The van der Waals surface area contributed by atoms with Crippen molar-refractivity contribution < 1.29 is 17.9 Å². The van der Waals surface area contributed by atoms with Gasteiger partial charge in [0.15, 0.2) is 5.75 Å². The Morgan fingerprint density at radius 1 is 1.17 bits per heavy atom. The fourth-order valence-electron chi connectivity index (χ4n) is 2.01. The Labute approximate surface area is 142 Å². The molecular formula is C16H21N3O4S. The monoisotopic (exact) mass is 351 g/mol. The minimum Gasteiger partial charge on any atom is -0.494 e. The number of sulfonamides is 1. The van der Waals surface area contributed by atoms with Gasteiger partial charge < -0.3 is 9.47 Å². The Morgan fingerprint density at radius 3 is 2.29 bits per heavy atom. The van der Waals surface area contributed by atoms with Crippen molar-refractivity contribution in [2.75, 3.05) is 18.5 Å². The van der Waals surface area contributed by atoms with Crippen molar-refractivity contribution in [3.05, 3.63) is 36.2 Å². The first-order valence-electron chi connectivity index (χ1n) is 7.38. The Kier molecular flexibility index (Phi) is 5.28. The van der Waals surface area contributed by atoms with Crippen LogP contribution in [0.1, 0.15) is 19.4 Å². The quantitative estimate of drug-likeness (QED) is 0.795. The third-order valence-electron chi connectivity index (χ3n) is 3.30. The second-order valence-corrected chi connectivity index (χ2v) is 7.46. The molecule has 8 heteroatoms. The fourth-order valence-corrected chi connectivity index (χ4v) is 3.20. The maximum atomic E-state index is 12.7. The van der Waals surface area contributed by atoms with Crippen LogP contribution in [0.3, 0.4) is 0 Å². The lowest BCUT2D eigenvalue weighted by Gasteiger charge is -2.19. The van der Waals surface area contributed by atoms with Crippen LogP contribution in [0.4, 0.5) is 5.95 Å². The average molecular weight is 351 g/mol. The predicted molar refractivity (Wildman–Crippen MR) is 91.1 cm³/mol. The summed E-state index contributed by atoms with van der Waals surface area (Å²) in [5, 5.41) is 0. The van der Waals surface area contributed by atoms with Gasteiger partial charge in [-0.25, -0.2) is 22.7 Å². The van der Waals surface area contributed by atoms with Crippen LogP contribution in [-0.2, 0) is 10.0 Å². The third-order valence-corrected chi connectivity index (χ3v) is 5.03. The molecule has 130 valence electrons. The van der Waals surface area contributed by atoms with Gasteiger partial charge in [-0.05, 0) is 44.5 Å². The number of hydrogen-bond donors (Lipinski definition) is 0. The molecule has 7 nitrogen and oxygen atoms in total. The number of anilines is 1. The van der Waals surface area contributed by atoms with Crippen molar-refractivity contribution in [2.24, 2.45) is 0 Å². The highest BCUT2D eigenvalue weighted by Crippen LogP contribution is 2.26. The Hall–Kier alpha value is -2.35. The van der Waals surface area contributed by atoms with E-state index in [9.17, 15) is 8.42 Å². The second kappa shape index (κ2) is 7.04. The van der Waals surface area contributed by atoms with Gasteiger partial charge in [0, 0.05) is 7.05 Å². The fraction of sp³-hybridized carbons (Fsp3) is 0.375. The van der Waals surface area contributed by atoms with Crippen LogP contribution in [0.2, 0.25) is 0 Å². The van der Waals surface area contributed by atoms with E-state index in [4.69, 9.17) is 9.47 Å². The first-order chi connectivity index (χ1) is 11.3. The summed E-state index contributed by atoms with van der Waals surface area (Å²) in [6.45, 7) is 5.64. The SMILES string of the molecule is COc1cnc(N(C)S(=O)(=O)c2ccc(OC(C)C)c(C)c2)nc1. The first-order valence-corrected chi connectivity index (χ1v) is 8.82. The van der Waals surface area contributed by atoms with Crippen molar-refractivity contribution in [2.45, 2.75) is 31.8 Å². The second-order valence-electron chi connectivity index (χ2n) is 5.49. The molecule has 0 atom stereocenters. The van der Waals surface area contributed by atoms with Crippen LogP contribution in [0.25, 0.3) is 0 Å². The molecule has 0 spiro atoms. The highest BCUT2D eigenvalue weighted by molar-refractivity contribution is 7.92. The molecule has 1 aromatic carbocycles. The van der Waals surface area contributed by atoms with E-state index in [1.54, 1.807) is 19.1 Å². The van der Waals surface area contributed by atoms with Gasteiger partial charge >= 0.3 is 0 Å². The molecule has 0 unspecified atom stereocenters. The van der Waals surface area contributed by atoms with Crippen molar-refractivity contribution in [1.29, 1.82) is 0 Å². The molecule has 0 aliphatic heterocycles. The zero-order valence-corrected chi connectivity index (χ0v) is 15.2. The molecule has 0 amide bonds. The lowest BCUT2D eigenvalue weighted by atomic mass is 10.2. The van der Waals surface area contributed by atoms with E-state index in [1.807, 2.05) is 13.8 Å². The van der Waals surface area contributed by atoms with Crippen LogP contribution in [0, 0.1) is 6.92 Å². The van der Waals surface area contributed by atoms with Crippen LogP contribution in [0.15, 0.2) is 35.5 Å². The number of rotatable bonds is 6. The lowest BCUT2D eigenvalue weighted by Crippen LogP contribution is -2.28. The number of nitrogens with zero attached hydrogens (tertiary/aromatic N) is 3. The molecule has 0 N–H and O–H groups in total. The van der Waals surface area contributed by atoms with E-state index >= 15 is 0 Å². The molecule has 0 radical (unpaired) electrons. The van der Waals surface area contributed by atoms with Gasteiger partial charge in [-0.2, -0.15) is 0 Å². The normalized spacial score (nSPS) is 11.4. The predicted octanol–water partition coefficient (Wildman–Crippen LogP) is 2.41. The summed E-state index contributed by atoms with van der Waals surface area (Å²) in [6, 6.07) is 4.75. The number of hydrogen-bond acceptors (Lipinski definition) is 6. The van der Waals surface area contributed by atoms with Crippen molar-refractivity contribution >= 4 is 16.0 Å². The Balaban J connectivity index is 2.33. The zero-order valence-electron chi connectivity index (χ0n) is 14.3. The Bertz CT molecular complexity index is 805. The lowest BCUT2D eigenvalue weighted by molar-refractivity contribution is 0.240. The molecule has 0 saturated heterocycles. The number of ether oxygens (including phenoxy) is 2. The van der Waals surface area contributed by atoms with E-state index in [2.05, 4.69) is 9.97 Å². The van der Waals surface area contributed by atoms with E-state index in [0.29, 0.717) is 11.5 Å². The van der Waals surface area contributed by atoms with Gasteiger partial charge in [0.25, 0.3) is 10.0 Å².